The van der Waals surface area contributed by atoms with Crippen LogP contribution < -0.4 is 5.32 Å². The molecule has 1 saturated heterocycles. The van der Waals surface area contributed by atoms with E-state index in [2.05, 4.69) is 71.4 Å². The van der Waals surface area contributed by atoms with Crippen molar-refractivity contribution in [3.63, 3.8) is 0 Å². The lowest BCUT2D eigenvalue weighted by atomic mass is 9.90. The molecule has 1 aliphatic rings. The molecule has 3 rings (SSSR count). The summed E-state index contributed by atoms with van der Waals surface area (Å²) in [6.07, 6.45) is 1.03. The number of carbonyl (C=O) groups excluding carboxylic acids is 1. The molecule has 0 aromatic heterocycles. The van der Waals surface area contributed by atoms with Gasteiger partial charge in [-0.15, -0.1) is 24.8 Å². The minimum absolute atomic E-state index is 0. The number of morpholine rings is 1. The van der Waals surface area contributed by atoms with Gasteiger partial charge in [-0.05, 0) is 42.4 Å². The number of nitrogens with zero attached hydrogens (tertiary/aromatic N) is 2. The number of benzene rings is 2. The van der Waals surface area contributed by atoms with E-state index in [1.54, 1.807) is 0 Å². The Hall–Kier alpha value is -1.37. The number of carbonyl (C=O) groups is 1. The van der Waals surface area contributed by atoms with Crippen LogP contribution in [0.25, 0.3) is 10.8 Å². The molecule has 0 aliphatic carbocycles. The normalized spacial score (nSPS) is 15.2. The highest BCUT2D eigenvalue weighted by atomic mass is 35.5. The average molecular weight is 470 g/mol. The summed E-state index contributed by atoms with van der Waals surface area (Å²) >= 11 is 0. The maximum atomic E-state index is 12.5. The first-order valence-corrected chi connectivity index (χ1v) is 11.0. The quantitative estimate of drug-likeness (QED) is 0.571. The molecule has 1 N–H and O–H groups in total. The number of ether oxygens (including phenoxy) is 1. The first-order chi connectivity index (χ1) is 14.2. The van der Waals surface area contributed by atoms with Crippen LogP contribution in [-0.4, -0.2) is 74.7 Å². The molecule has 1 unspecified atom stereocenters. The predicted molar refractivity (Wildman–Crippen MR) is 134 cm³/mol. The molecular weight excluding hydrogens is 433 g/mol. The van der Waals surface area contributed by atoms with E-state index in [9.17, 15) is 4.79 Å². The smallest absolute Gasteiger partial charge is 0.234 e. The third-order valence-corrected chi connectivity index (χ3v) is 5.97. The number of fused-ring (bicyclic) bond motifs is 1. The molecule has 1 heterocycles. The van der Waals surface area contributed by atoms with Gasteiger partial charge in [0.15, 0.2) is 0 Å². The molecule has 1 fully saturated rings. The van der Waals surface area contributed by atoms with Crippen LogP contribution in [0.3, 0.4) is 0 Å². The van der Waals surface area contributed by atoms with E-state index in [-0.39, 0.29) is 30.7 Å². The molecule has 2 aromatic carbocycles. The molecule has 1 atom stereocenters. The van der Waals surface area contributed by atoms with Crippen LogP contribution in [0, 0.1) is 0 Å². The van der Waals surface area contributed by atoms with Crippen molar-refractivity contribution in [3.8, 4) is 0 Å². The molecule has 174 valence electrons. The lowest BCUT2D eigenvalue weighted by Crippen LogP contribution is -2.40. The maximum absolute atomic E-state index is 12.5. The third-order valence-electron chi connectivity index (χ3n) is 5.97. The summed E-state index contributed by atoms with van der Waals surface area (Å²) < 4.78 is 5.48. The van der Waals surface area contributed by atoms with Gasteiger partial charge in [-0.2, -0.15) is 0 Å². The lowest BCUT2D eigenvalue weighted by molar-refractivity contribution is -0.122. The highest BCUT2D eigenvalue weighted by molar-refractivity contribution is 5.86. The van der Waals surface area contributed by atoms with E-state index in [0.717, 1.165) is 52.4 Å². The van der Waals surface area contributed by atoms with Gasteiger partial charge in [0.1, 0.15) is 0 Å². The second-order valence-electron chi connectivity index (χ2n) is 7.77. The van der Waals surface area contributed by atoms with Gasteiger partial charge in [-0.3, -0.25) is 14.6 Å². The monoisotopic (exact) mass is 469 g/mol. The van der Waals surface area contributed by atoms with Crippen LogP contribution >= 0.6 is 24.8 Å². The van der Waals surface area contributed by atoms with Crippen LogP contribution in [0.2, 0.25) is 0 Å². The fourth-order valence-corrected chi connectivity index (χ4v) is 4.08. The van der Waals surface area contributed by atoms with Crippen LogP contribution in [0.15, 0.2) is 42.5 Å². The second kappa shape index (κ2) is 14.6. The van der Waals surface area contributed by atoms with Crippen molar-refractivity contribution in [1.82, 2.24) is 15.1 Å². The molecule has 0 radical (unpaired) electrons. The fourth-order valence-electron chi connectivity index (χ4n) is 4.08. The number of hydrogen-bond donors (Lipinski definition) is 1. The molecule has 1 aliphatic heterocycles. The van der Waals surface area contributed by atoms with E-state index >= 15 is 0 Å². The van der Waals surface area contributed by atoms with Crippen molar-refractivity contribution in [2.45, 2.75) is 26.2 Å². The summed E-state index contributed by atoms with van der Waals surface area (Å²) in [5, 5.41) is 5.76. The van der Waals surface area contributed by atoms with Crippen LogP contribution in [0.5, 0.6) is 0 Å². The van der Waals surface area contributed by atoms with Gasteiger partial charge in [0.05, 0.1) is 19.8 Å². The molecular formula is C24H37Cl2N3O2. The van der Waals surface area contributed by atoms with Crippen molar-refractivity contribution < 1.29 is 9.53 Å². The van der Waals surface area contributed by atoms with Crippen LogP contribution in [-0.2, 0) is 9.53 Å². The Kier molecular flexibility index (Phi) is 13.1. The number of hydrogen-bond acceptors (Lipinski definition) is 4. The molecule has 7 heteroatoms. The molecule has 31 heavy (non-hydrogen) atoms. The Balaban J connectivity index is 0.00000240. The Morgan fingerprint density at radius 3 is 2.45 bits per heavy atom. The number of halogens is 2. The molecule has 1 amide bonds. The first kappa shape index (κ1) is 27.7. The SMILES string of the molecule is CCN(CC)CC(=O)NCC(CCN1CCOCC1)c1cccc2ccccc12.Cl.Cl. The van der Waals surface area contributed by atoms with Gasteiger partial charge in [0, 0.05) is 25.6 Å². The number of amides is 1. The van der Waals surface area contributed by atoms with Crippen LogP contribution in [0.1, 0.15) is 31.7 Å². The standard InChI is InChI=1S/C24H35N3O2.2ClH/c1-3-26(4-2)19-24(28)25-18-21(12-13-27-14-16-29-17-15-27)23-11-7-9-20-8-5-6-10-22(20)23;;/h5-11,21H,3-4,12-19H2,1-2H3,(H,25,28);2*1H. The van der Waals surface area contributed by atoms with Gasteiger partial charge in [0.25, 0.3) is 0 Å². The summed E-state index contributed by atoms with van der Waals surface area (Å²) in [5.41, 5.74) is 1.33. The molecule has 0 spiro atoms. The molecule has 0 saturated carbocycles. The van der Waals surface area contributed by atoms with Crippen molar-refractivity contribution in [3.05, 3.63) is 48.0 Å². The number of nitrogens with one attached hydrogen (secondary N) is 1. The Labute approximate surface area is 199 Å². The zero-order valence-electron chi connectivity index (χ0n) is 18.7. The highest BCUT2D eigenvalue weighted by Crippen LogP contribution is 2.28. The summed E-state index contributed by atoms with van der Waals surface area (Å²) in [5.74, 6) is 0.412. The zero-order valence-corrected chi connectivity index (χ0v) is 20.4. The second-order valence-corrected chi connectivity index (χ2v) is 7.77. The van der Waals surface area contributed by atoms with E-state index < -0.39 is 0 Å². The Bertz CT molecular complexity index is 775. The van der Waals surface area contributed by atoms with Gasteiger partial charge >= 0.3 is 0 Å². The lowest BCUT2D eigenvalue weighted by Gasteiger charge is -2.29. The maximum Gasteiger partial charge on any atom is 0.234 e. The largest absolute Gasteiger partial charge is 0.379 e. The zero-order chi connectivity index (χ0) is 20.5. The average Bonchev–Trinajstić information content (AvgIpc) is 2.78. The summed E-state index contributed by atoms with van der Waals surface area (Å²) in [4.78, 5) is 17.1. The van der Waals surface area contributed by atoms with Crippen molar-refractivity contribution in [2.24, 2.45) is 0 Å². The topological polar surface area (TPSA) is 44.8 Å². The van der Waals surface area contributed by atoms with E-state index in [1.807, 2.05) is 0 Å². The number of likely N-dealkylation sites (N-methyl/N-ethyl adjacent to an activating group) is 1. The van der Waals surface area contributed by atoms with Crippen LogP contribution in [0.4, 0.5) is 0 Å². The number of rotatable bonds is 10. The van der Waals surface area contributed by atoms with Crippen molar-refractivity contribution in [2.75, 3.05) is 59.0 Å². The minimum atomic E-state index is 0. The summed E-state index contributed by atoms with van der Waals surface area (Å²) in [6, 6.07) is 15.1. The third kappa shape index (κ3) is 8.24. The minimum Gasteiger partial charge on any atom is -0.379 e. The van der Waals surface area contributed by atoms with E-state index in [0.29, 0.717) is 19.0 Å². The van der Waals surface area contributed by atoms with Gasteiger partial charge in [-0.25, -0.2) is 0 Å². The van der Waals surface area contributed by atoms with Gasteiger partial charge < -0.3 is 10.1 Å². The predicted octanol–water partition coefficient (Wildman–Crippen LogP) is 3.95. The van der Waals surface area contributed by atoms with E-state index in [1.165, 1.54) is 16.3 Å². The fraction of sp³-hybridized carbons (Fsp3) is 0.542. The van der Waals surface area contributed by atoms with Crippen molar-refractivity contribution >= 4 is 41.5 Å². The highest BCUT2D eigenvalue weighted by Gasteiger charge is 2.19. The Morgan fingerprint density at radius 1 is 1.06 bits per heavy atom. The summed E-state index contributed by atoms with van der Waals surface area (Å²) in [7, 11) is 0. The molecule has 5 nitrogen and oxygen atoms in total. The van der Waals surface area contributed by atoms with Gasteiger partial charge in [-0.1, -0.05) is 56.3 Å². The molecule has 2 aromatic rings. The Morgan fingerprint density at radius 2 is 1.74 bits per heavy atom. The van der Waals surface area contributed by atoms with E-state index in [4.69, 9.17) is 4.74 Å². The molecule has 0 bridgehead atoms. The van der Waals surface area contributed by atoms with Crippen molar-refractivity contribution in [1.29, 1.82) is 0 Å². The summed E-state index contributed by atoms with van der Waals surface area (Å²) in [6.45, 7) is 11.8. The van der Waals surface area contributed by atoms with Gasteiger partial charge in [0.2, 0.25) is 5.91 Å². The first-order valence-electron chi connectivity index (χ1n) is 11.0.